The first-order chi connectivity index (χ1) is 14.3. The number of benzene rings is 2. The number of hydrogen-bond acceptors (Lipinski definition) is 7. The predicted molar refractivity (Wildman–Crippen MR) is 108 cm³/mol. The molecule has 0 aliphatic rings. The summed E-state index contributed by atoms with van der Waals surface area (Å²) in [5.41, 5.74) is 0.862. The molecule has 0 aliphatic heterocycles. The summed E-state index contributed by atoms with van der Waals surface area (Å²) < 4.78 is 30.3. The van der Waals surface area contributed by atoms with Crippen LogP contribution in [0.4, 0.5) is 10.7 Å². The van der Waals surface area contributed by atoms with Gasteiger partial charge in [0.05, 0.1) is 30.3 Å². The molecule has 1 unspecified atom stereocenters. The van der Waals surface area contributed by atoms with Gasteiger partial charge in [-0.05, 0) is 42.0 Å². The molecule has 1 heterocycles. The van der Waals surface area contributed by atoms with Crippen molar-refractivity contribution in [2.24, 2.45) is 0 Å². The Morgan fingerprint density at radius 2 is 1.83 bits per heavy atom. The maximum atomic E-state index is 12.6. The first-order valence-corrected chi connectivity index (χ1v) is 10.7. The highest BCUT2D eigenvalue weighted by Gasteiger charge is 2.30. The molecule has 158 valence electrons. The van der Waals surface area contributed by atoms with Crippen LogP contribution in [0.3, 0.4) is 0 Å². The van der Waals surface area contributed by atoms with Crippen molar-refractivity contribution >= 4 is 21.9 Å². The Balaban J connectivity index is 1.77. The van der Waals surface area contributed by atoms with Crippen LogP contribution in [0.1, 0.15) is 12.5 Å². The fourth-order valence-electron chi connectivity index (χ4n) is 2.88. The molecule has 11 heteroatoms. The van der Waals surface area contributed by atoms with Gasteiger partial charge in [-0.3, -0.25) is 0 Å². The van der Waals surface area contributed by atoms with Crippen molar-refractivity contribution in [2.75, 3.05) is 17.8 Å². The van der Waals surface area contributed by atoms with Crippen molar-refractivity contribution in [3.63, 3.8) is 0 Å². The summed E-state index contributed by atoms with van der Waals surface area (Å²) in [5.74, 6) is 0.0966. The predicted octanol–water partition coefficient (Wildman–Crippen LogP) is 2.08. The highest BCUT2D eigenvalue weighted by atomic mass is 32.2. The number of sulfone groups is 1. The van der Waals surface area contributed by atoms with Gasteiger partial charge < -0.3 is 9.84 Å². The number of tetrazole rings is 1. The quantitative estimate of drug-likeness (QED) is 0.574. The minimum atomic E-state index is -3.69. The Hall–Kier alpha value is -3.47. The molecule has 0 radical (unpaired) electrons. The highest BCUT2D eigenvalue weighted by molar-refractivity contribution is 7.91. The number of rotatable bonds is 8. The van der Waals surface area contributed by atoms with Crippen LogP contribution < -0.4 is 9.64 Å². The van der Waals surface area contributed by atoms with E-state index in [9.17, 15) is 18.3 Å². The molecule has 1 aromatic heterocycles. The van der Waals surface area contributed by atoms with E-state index in [-0.39, 0.29) is 17.4 Å². The van der Waals surface area contributed by atoms with Crippen molar-refractivity contribution in [2.45, 2.75) is 24.4 Å². The van der Waals surface area contributed by atoms with Crippen LogP contribution in [-0.4, -0.2) is 58.7 Å². The molecule has 0 aliphatic carbocycles. The first-order valence-electron chi connectivity index (χ1n) is 9.01. The SMILES string of the molecule is COc1ccc(Cn2nnc(N(C(=O)O)C(C)CS(=O)(=O)c3ccccc3)n2)cc1. The number of methoxy groups -OCH3 is 1. The lowest BCUT2D eigenvalue weighted by Crippen LogP contribution is -2.42. The normalized spacial score (nSPS) is 12.3. The van der Waals surface area contributed by atoms with Gasteiger partial charge in [-0.2, -0.15) is 4.80 Å². The molecule has 1 atom stereocenters. The van der Waals surface area contributed by atoms with Crippen LogP contribution in [0.5, 0.6) is 5.75 Å². The number of aromatic nitrogens is 4. The molecule has 2 aromatic carbocycles. The van der Waals surface area contributed by atoms with E-state index in [1.54, 1.807) is 37.4 Å². The van der Waals surface area contributed by atoms with E-state index in [1.807, 2.05) is 12.1 Å². The summed E-state index contributed by atoms with van der Waals surface area (Å²) in [4.78, 5) is 14.0. The van der Waals surface area contributed by atoms with E-state index < -0.39 is 27.7 Å². The summed E-state index contributed by atoms with van der Waals surface area (Å²) in [6, 6.07) is 14.2. The third-order valence-corrected chi connectivity index (χ3v) is 6.26. The summed E-state index contributed by atoms with van der Waals surface area (Å²) in [7, 11) is -2.12. The van der Waals surface area contributed by atoms with Crippen molar-refractivity contribution in [1.29, 1.82) is 0 Å². The summed E-state index contributed by atoms with van der Waals surface area (Å²) >= 11 is 0. The van der Waals surface area contributed by atoms with Gasteiger partial charge >= 0.3 is 6.09 Å². The molecule has 30 heavy (non-hydrogen) atoms. The van der Waals surface area contributed by atoms with Gasteiger partial charge in [-0.25, -0.2) is 18.1 Å². The van der Waals surface area contributed by atoms with E-state index in [0.29, 0.717) is 5.75 Å². The molecule has 10 nitrogen and oxygen atoms in total. The summed E-state index contributed by atoms with van der Waals surface area (Å²) in [6.45, 7) is 1.75. The van der Waals surface area contributed by atoms with Crippen LogP contribution in [0.15, 0.2) is 59.5 Å². The zero-order valence-corrected chi connectivity index (χ0v) is 17.2. The van der Waals surface area contributed by atoms with Crippen molar-refractivity contribution in [3.8, 4) is 5.75 Å². The summed E-state index contributed by atoms with van der Waals surface area (Å²) in [5, 5.41) is 21.4. The second kappa shape index (κ2) is 8.91. The molecule has 0 spiro atoms. The van der Waals surface area contributed by atoms with Gasteiger partial charge in [-0.15, -0.1) is 5.10 Å². The number of carbonyl (C=O) groups is 1. The monoisotopic (exact) mass is 431 g/mol. The van der Waals surface area contributed by atoms with Crippen LogP contribution in [0, 0.1) is 0 Å². The van der Waals surface area contributed by atoms with Crippen molar-refractivity contribution in [3.05, 3.63) is 60.2 Å². The van der Waals surface area contributed by atoms with Crippen molar-refractivity contribution < 1.29 is 23.1 Å². The van der Waals surface area contributed by atoms with Crippen LogP contribution in [0.25, 0.3) is 0 Å². The van der Waals surface area contributed by atoms with E-state index >= 15 is 0 Å². The zero-order chi connectivity index (χ0) is 21.7. The van der Waals surface area contributed by atoms with Gasteiger partial charge in [0.25, 0.3) is 5.95 Å². The molecule has 0 saturated heterocycles. The average Bonchev–Trinajstić information content (AvgIpc) is 3.16. The van der Waals surface area contributed by atoms with Crippen LogP contribution in [-0.2, 0) is 16.4 Å². The number of hydrogen-bond donors (Lipinski definition) is 1. The number of amides is 1. The maximum Gasteiger partial charge on any atom is 0.414 e. The van der Waals surface area contributed by atoms with Crippen molar-refractivity contribution in [1.82, 2.24) is 20.2 Å². The fraction of sp³-hybridized carbons (Fsp3) is 0.263. The maximum absolute atomic E-state index is 12.6. The average molecular weight is 431 g/mol. The molecule has 1 amide bonds. The Morgan fingerprint density at radius 3 is 2.43 bits per heavy atom. The topological polar surface area (TPSA) is 128 Å². The lowest BCUT2D eigenvalue weighted by molar-refractivity contribution is 0.199. The van der Waals surface area contributed by atoms with Gasteiger partial charge in [0.1, 0.15) is 5.75 Å². The third kappa shape index (κ3) is 4.92. The van der Waals surface area contributed by atoms with Gasteiger partial charge in [0.15, 0.2) is 9.84 Å². The smallest absolute Gasteiger partial charge is 0.414 e. The molecule has 0 bridgehead atoms. The molecule has 1 N–H and O–H groups in total. The third-order valence-electron chi connectivity index (χ3n) is 4.35. The molecular formula is C19H21N5O5S. The highest BCUT2D eigenvalue weighted by Crippen LogP contribution is 2.17. The minimum Gasteiger partial charge on any atom is -0.497 e. The molecule has 0 fully saturated rings. The van der Waals surface area contributed by atoms with E-state index in [0.717, 1.165) is 10.5 Å². The summed E-state index contributed by atoms with van der Waals surface area (Å²) in [6.07, 6.45) is -1.37. The fourth-order valence-corrected chi connectivity index (χ4v) is 4.43. The number of ether oxygens (including phenoxy) is 1. The lowest BCUT2D eigenvalue weighted by Gasteiger charge is -2.22. The molecule has 3 rings (SSSR count). The standard InChI is InChI=1S/C19H21N5O5S/c1-14(13-30(27,28)17-6-4-3-5-7-17)24(19(25)26)18-20-22-23(21-18)12-15-8-10-16(29-2)11-9-15/h3-11,14H,12-13H2,1-2H3,(H,25,26). The number of anilines is 1. The van der Waals surface area contributed by atoms with Gasteiger partial charge in [0.2, 0.25) is 0 Å². The Bertz CT molecular complexity index is 1100. The first kappa shape index (κ1) is 21.2. The Labute approximate surface area is 173 Å². The van der Waals surface area contributed by atoms with Gasteiger partial charge in [-0.1, -0.05) is 35.4 Å². The van der Waals surface area contributed by atoms with E-state index in [2.05, 4.69) is 15.4 Å². The largest absolute Gasteiger partial charge is 0.497 e. The Morgan fingerprint density at radius 1 is 1.17 bits per heavy atom. The Kier molecular flexibility index (Phi) is 6.31. The van der Waals surface area contributed by atoms with Crippen LogP contribution in [0.2, 0.25) is 0 Å². The van der Waals surface area contributed by atoms with Crippen LogP contribution >= 0.6 is 0 Å². The second-order valence-electron chi connectivity index (χ2n) is 6.56. The lowest BCUT2D eigenvalue weighted by atomic mass is 10.2. The molecular weight excluding hydrogens is 410 g/mol. The zero-order valence-electron chi connectivity index (χ0n) is 16.4. The van der Waals surface area contributed by atoms with Gasteiger partial charge in [0, 0.05) is 0 Å². The minimum absolute atomic E-state index is 0.123. The van der Waals surface area contributed by atoms with E-state index in [4.69, 9.17) is 4.74 Å². The number of nitrogens with zero attached hydrogens (tertiary/aromatic N) is 5. The molecule has 3 aromatic rings. The number of carboxylic acid groups (broad SMARTS) is 1. The van der Waals surface area contributed by atoms with E-state index in [1.165, 1.54) is 23.9 Å². The second-order valence-corrected chi connectivity index (χ2v) is 8.60. The molecule has 0 saturated carbocycles.